The number of carbonyl (C=O) groups excluding carboxylic acids is 4. The molecule has 0 radical (unpaired) electrons. The number of thiophene rings is 1. The molecular weight excluding hydrogens is 552 g/mol. The summed E-state index contributed by atoms with van der Waals surface area (Å²) in [6.45, 7) is 5.26. The van der Waals surface area contributed by atoms with E-state index in [1.165, 1.54) is 4.90 Å². The summed E-state index contributed by atoms with van der Waals surface area (Å²) in [7, 11) is 0. The molecule has 0 saturated heterocycles. The lowest BCUT2D eigenvalue weighted by molar-refractivity contribution is -0.115. The van der Waals surface area contributed by atoms with Crippen LogP contribution in [-0.2, 0) is 4.79 Å². The zero-order valence-corrected chi connectivity index (χ0v) is 23.5. The van der Waals surface area contributed by atoms with Crippen molar-refractivity contribution in [3.63, 3.8) is 0 Å². The van der Waals surface area contributed by atoms with E-state index in [2.05, 4.69) is 21.1 Å². The molecule has 1 aliphatic rings. The Labute approximate surface area is 240 Å². The van der Waals surface area contributed by atoms with Crippen LogP contribution in [0.15, 0.2) is 42.5 Å². The highest BCUT2D eigenvalue weighted by Crippen LogP contribution is 2.36. The van der Waals surface area contributed by atoms with Crippen molar-refractivity contribution in [1.82, 2.24) is 4.90 Å². The van der Waals surface area contributed by atoms with Gasteiger partial charge in [0.25, 0.3) is 11.8 Å². The van der Waals surface area contributed by atoms with Crippen LogP contribution in [0.25, 0.3) is 0 Å². The first kappa shape index (κ1) is 28.6. The minimum absolute atomic E-state index is 0.0847. The second-order valence-corrected chi connectivity index (χ2v) is 10.3. The van der Waals surface area contributed by atoms with E-state index in [1.807, 2.05) is 25.1 Å². The second kappa shape index (κ2) is 12.6. The molecule has 1 aromatic heterocycles. The molecule has 0 spiro atoms. The Balaban J connectivity index is 1.47. The highest BCUT2D eigenvalue weighted by atomic mass is 35.5. The number of anilines is 4. The number of benzene rings is 2. The summed E-state index contributed by atoms with van der Waals surface area (Å²) < 4.78 is 0. The average Bonchev–Trinajstić information content (AvgIpc) is 3.41. The van der Waals surface area contributed by atoms with Gasteiger partial charge in [-0.25, -0.2) is 0 Å². The SMILES string of the molecule is CCC(=O)Nc1cc(N(CC)CCCN2C(=O)c3ccccc3C2=O)ccc1NNc1sc(C=O)c(Cl)c1C#N. The molecule has 2 aromatic carbocycles. The molecule has 0 atom stereocenters. The Kier molecular flexibility index (Phi) is 9.04. The third-order valence-corrected chi connectivity index (χ3v) is 7.97. The number of hydrogen-bond donors (Lipinski definition) is 3. The first-order valence-electron chi connectivity index (χ1n) is 12.7. The standard InChI is InChI=1S/C28H27ClN6O4S/c1-3-24(37)31-22-14-17(10-11-21(22)32-33-26-20(15-30)25(29)23(16-36)40-26)34(4-2)12-7-13-35-27(38)18-8-5-6-9-19(18)28(35)39/h5-6,8-11,14,16,32-33H,3-4,7,12-13H2,1-2H3,(H,31,37). The summed E-state index contributed by atoms with van der Waals surface area (Å²) >= 11 is 7.15. The molecule has 4 rings (SSSR count). The highest BCUT2D eigenvalue weighted by Gasteiger charge is 2.34. The molecule has 3 aromatic rings. The number of carbonyl (C=O) groups is 4. The molecule has 0 unspecified atom stereocenters. The van der Waals surface area contributed by atoms with Gasteiger partial charge in [0.15, 0.2) is 6.29 Å². The largest absolute Gasteiger partial charge is 0.372 e. The predicted molar refractivity (Wildman–Crippen MR) is 156 cm³/mol. The van der Waals surface area contributed by atoms with Crippen LogP contribution in [0.1, 0.15) is 62.6 Å². The number of fused-ring (bicyclic) bond motifs is 1. The molecule has 12 heteroatoms. The van der Waals surface area contributed by atoms with Gasteiger partial charge in [0.05, 0.1) is 32.4 Å². The number of amides is 3. The maximum atomic E-state index is 12.7. The molecule has 40 heavy (non-hydrogen) atoms. The van der Waals surface area contributed by atoms with Gasteiger partial charge in [-0.15, -0.1) is 11.3 Å². The van der Waals surface area contributed by atoms with E-state index in [-0.39, 0.29) is 39.6 Å². The number of rotatable bonds is 12. The number of nitrogens with zero attached hydrogens (tertiary/aromatic N) is 3. The summed E-state index contributed by atoms with van der Waals surface area (Å²) in [6, 6.07) is 14.3. The zero-order valence-electron chi connectivity index (χ0n) is 21.9. The van der Waals surface area contributed by atoms with Gasteiger partial charge in [-0.1, -0.05) is 30.7 Å². The van der Waals surface area contributed by atoms with Crippen molar-refractivity contribution in [3.8, 4) is 6.07 Å². The van der Waals surface area contributed by atoms with E-state index in [9.17, 15) is 24.4 Å². The van der Waals surface area contributed by atoms with Crippen LogP contribution in [0.4, 0.5) is 22.1 Å². The monoisotopic (exact) mass is 578 g/mol. The zero-order chi connectivity index (χ0) is 28.8. The topological polar surface area (TPSA) is 135 Å². The minimum atomic E-state index is -0.275. The number of aldehydes is 1. The van der Waals surface area contributed by atoms with E-state index in [1.54, 1.807) is 37.3 Å². The minimum Gasteiger partial charge on any atom is -0.372 e. The lowest BCUT2D eigenvalue weighted by atomic mass is 10.1. The van der Waals surface area contributed by atoms with Gasteiger partial charge < -0.3 is 10.2 Å². The van der Waals surface area contributed by atoms with E-state index in [0.717, 1.165) is 17.0 Å². The molecular formula is C28H27ClN6O4S. The Morgan fingerprint density at radius 3 is 2.40 bits per heavy atom. The summed E-state index contributed by atoms with van der Waals surface area (Å²) in [5.74, 6) is -0.736. The van der Waals surface area contributed by atoms with Gasteiger partial charge in [0.2, 0.25) is 5.91 Å². The van der Waals surface area contributed by atoms with Crippen LogP contribution >= 0.6 is 22.9 Å². The molecule has 3 N–H and O–H groups in total. The second-order valence-electron chi connectivity index (χ2n) is 8.84. The summed E-state index contributed by atoms with van der Waals surface area (Å²) in [4.78, 5) is 52.5. The van der Waals surface area contributed by atoms with Gasteiger partial charge >= 0.3 is 0 Å². The lowest BCUT2D eigenvalue weighted by Gasteiger charge is -2.26. The number of imide groups is 1. The van der Waals surface area contributed by atoms with Gasteiger partial charge in [-0.05, 0) is 43.7 Å². The summed E-state index contributed by atoms with van der Waals surface area (Å²) in [6.07, 6.45) is 1.43. The Morgan fingerprint density at radius 1 is 1.10 bits per heavy atom. The third kappa shape index (κ3) is 5.78. The fraction of sp³-hybridized carbons (Fsp3) is 0.250. The fourth-order valence-electron chi connectivity index (χ4n) is 4.33. The summed E-state index contributed by atoms with van der Waals surface area (Å²) in [5.41, 5.74) is 8.81. The number of halogens is 1. The molecule has 206 valence electrons. The van der Waals surface area contributed by atoms with Crippen LogP contribution in [0.2, 0.25) is 5.02 Å². The molecule has 1 aliphatic heterocycles. The number of hydrogen-bond acceptors (Lipinski definition) is 9. The quantitative estimate of drug-likeness (QED) is 0.148. The molecule has 0 aliphatic carbocycles. The number of hydrazine groups is 1. The number of nitrogens with one attached hydrogen (secondary N) is 3. The van der Waals surface area contributed by atoms with Crippen molar-refractivity contribution in [1.29, 1.82) is 5.26 Å². The van der Waals surface area contributed by atoms with E-state index in [4.69, 9.17) is 11.6 Å². The van der Waals surface area contributed by atoms with Crippen LogP contribution in [-0.4, -0.2) is 48.5 Å². The molecule has 0 bridgehead atoms. The smallest absolute Gasteiger partial charge is 0.261 e. The van der Waals surface area contributed by atoms with Crippen molar-refractivity contribution < 1.29 is 19.2 Å². The van der Waals surface area contributed by atoms with Gasteiger partial charge in [0.1, 0.15) is 16.6 Å². The van der Waals surface area contributed by atoms with Crippen LogP contribution in [0.3, 0.4) is 0 Å². The van der Waals surface area contributed by atoms with E-state index >= 15 is 0 Å². The highest BCUT2D eigenvalue weighted by molar-refractivity contribution is 7.18. The fourth-order valence-corrected chi connectivity index (χ4v) is 5.49. The molecule has 0 fully saturated rings. The van der Waals surface area contributed by atoms with Crippen molar-refractivity contribution in [2.45, 2.75) is 26.7 Å². The van der Waals surface area contributed by atoms with Crippen LogP contribution in [0.5, 0.6) is 0 Å². The van der Waals surface area contributed by atoms with Crippen molar-refractivity contribution >= 4 is 69.0 Å². The van der Waals surface area contributed by atoms with Crippen LogP contribution in [0, 0.1) is 11.3 Å². The first-order chi connectivity index (χ1) is 19.3. The Bertz CT molecular complexity index is 1480. The lowest BCUT2D eigenvalue weighted by Crippen LogP contribution is -2.33. The van der Waals surface area contributed by atoms with Gasteiger partial charge in [0, 0.05) is 31.7 Å². The van der Waals surface area contributed by atoms with Crippen molar-refractivity contribution in [3.05, 3.63) is 69.1 Å². The molecule has 3 amide bonds. The maximum absolute atomic E-state index is 12.7. The van der Waals surface area contributed by atoms with Gasteiger partial charge in [-0.2, -0.15) is 5.26 Å². The number of nitriles is 1. The summed E-state index contributed by atoms with van der Waals surface area (Å²) in [5, 5.41) is 12.8. The molecule has 0 saturated carbocycles. The third-order valence-electron chi connectivity index (χ3n) is 6.44. The Morgan fingerprint density at radius 2 is 1.80 bits per heavy atom. The normalized spacial score (nSPS) is 12.1. The van der Waals surface area contributed by atoms with Crippen LogP contribution < -0.4 is 21.1 Å². The maximum Gasteiger partial charge on any atom is 0.261 e. The van der Waals surface area contributed by atoms with Crippen molar-refractivity contribution in [2.75, 3.05) is 40.7 Å². The average molecular weight is 579 g/mol. The Hall–Kier alpha value is -4.40. The predicted octanol–water partition coefficient (Wildman–Crippen LogP) is 5.39. The van der Waals surface area contributed by atoms with Gasteiger partial charge in [-0.3, -0.25) is 34.9 Å². The molecule has 2 heterocycles. The first-order valence-corrected chi connectivity index (χ1v) is 13.9. The molecule has 10 nitrogen and oxygen atoms in total. The van der Waals surface area contributed by atoms with E-state index in [0.29, 0.717) is 59.8 Å². The van der Waals surface area contributed by atoms with E-state index < -0.39 is 0 Å². The van der Waals surface area contributed by atoms with Crippen molar-refractivity contribution in [2.24, 2.45) is 0 Å².